The van der Waals surface area contributed by atoms with Gasteiger partial charge in [0.1, 0.15) is 17.4 Å². The molecule has 0 aliphatic rings. The molecule has 0 radical (unpaired) electrons. The van der Waals surface area contributed by atoms with Gasteiger partial charge in [-0.1, -0.05) is 11.6 Å². The van der Waals surface area contributed by atoms with Gasteiger partial charge in [-0.05, 0) is 49.6 Å². The molecule has 0 aliphatic heterocycles. The van der Waals surface area contributed by atoms with Crippen LogP contribution in [0.5, 0.6) is 5.75 Å². The average Bonchev–Trinajstić information content (AvgIpc) is 2.66. The van der Waals surface area contributed by atoms with Crippen LogP contribution in [0, 0.1) is 25.2 Å². The molecule has 1 aromatic heterocycles. The predicted octanol–water partition coefficient (Wildman–Crippen LogP) is 2.64. The summed E-state index contributed by atoms with van der Waals surface area (Å²) in [6, 6.07) is 6.60. The topological polar surface area (TPSA) is 121 Å². The Labute approximate surface area is 172 Å². The summed E-state index contributed by atoms with van der Waals surface area (Å²) in [7, 11) is 1.48. The van der Waals surface area contributed by atoms with E-state index in [9.17, 15) is 14.4 Å². The summed E-state index contributed by atoms with van der Waals surface area (Å²) in [5, 5.41) is 12.0. The fraction of sp³-hybridized carbons (Fsp3) is 0.300. The molecule has 0 bridgehead atoms. The van der Waals surface area contributed by atoms with Crippen LogP contribution < -0.4 is 15.6 Å². The van der Waals surface area contributed by atoms with Gasteiger partial charge in [-0.2, -0.15) is 5.26 Å². The van der Waals surface area contributed by atoms with Crippen molar-refractivity contribution in [1.82, 2.24) is 4.98 Å². The number of halogens is 1. The van der Waals surface area contributed by atoms with Crippen LogP contribution in [0.2, 0.25) is 5.02 Å². The molecular formula is C20H20ClN3O5. The molecular weight excluding hydrogens is 398 g/mol. The monoisotopic (exact) mass is 417 g/mol. The summed E-state index contributed by atoms with van der Waals surface area (Å²) in [5.74, 6) is -0.609. The number of amides is 1. The summed E-state index contributed by atoms with van der Waals surface area (Å²) < 4.78 is 10.0. The van der Waals surface area contributed by atoms with Gasteiger partial charge < -0.3 is 19.8 Å². The van der Waals surface area contributed by atoms with Crippen molar-refractivity contribution in [2.75, 3.05) is 19.0 Å². The minimum Gasteiger partial charge on any atom is -0.495 e. The van der Waals surface area contributed by atoms with Crippen LogP contribution in [0.1, 0.15) is 28.8 Å². The fourth-order valence-corrected chi connectivity index (χ4v) is 3.06. The van der Waals surface area contributed by atoms with Crippen molar-refractivity contribution in [2.45, 2.75) is 26.7 Å². The normalized spacial score (nSPS) is 10.2. The van der Waals surface area contributed by atoms with Crippen LogP contribution in [-0.4, -0.2) is 30.6 Å². The number of aromatic nitrogens is 1. The van der Waals surface area contributed by atoms with Crippen LogP contribution in [0.25, 0.3) is 0 Å². The Morgan fingerprint density at radius 2 is 2.03 bits per heavy atom. The maximum Gasteiger partial charge on any atom is 0.306 e. The first-order valence-corrected chi connectivity index (χ1v) is 9.06. The van der Waals surface area contributed by atoms with Gasteiger partial charge in [0.25, 0.3) is 11.5 Å². The van der Waals surface area contributed by atoms with Crippen LogP contribution >= 0.6 is 11.6 Å². The lowest BCUT2D eigenvalue weighted by molar-refractivity contribution is -0.147. The first-order valence-electron chi connectivity index (χ1n) is 8.68. The van der Waals surface area contributed by atoms with E-state index in [4.69, 9.17) is 26.3 Å². The highest BCUT2D eigenvalue weighted by molar-refractivity contribution is 6.32. The second-order valence-electron chi connectivity index (χ2n) is 6.23. The smallest absolute Gasteiger partial charge is 0.306 e. The third-order valence-electron chi connectivity index (χ3n) is 4.30. The fourth-order valence-electron chi connectivity index (χ4n) is 2.81. The van der Waals surface area contributed by atoms with Crippen molar-refractivity contribution in [3.63, 3.8) is 0 Å². The Morgan fingerprint density at radius 1 is 1.31 bits per heavy atom. The van der Waals surface area contributed by atoms with Gasteiger partial charge >= 0.3 is 5.97 Å². The Hall–Kier alpha value is -3.31. The number of aryl methyl sites for hydroxylation is 1. The van der Waals surface area contributed by atoms with E-state index in [1.807, 2.05) is 6.07 Å². The predicted molar refractivity (Wildman–Crippen MR) is 107 cm³/mol. The number of carbonyl (C=O) groups excluding carboxylic acids is 2. The first kappa shape index (κ1) is 22.0. The largest absolute Gasteiger partial charge is 0.495 e. The summed E-state index contributed by atoms with van der Waals surface area (Å²) in [4.78, 5) is 38.3. The molecule has 0 unspecified atom stereocenters. The summed E-state index contributed by atoms with van der Waals surface area (Å²) in [6.45, 7) is 2.91. The van der Waals surface area contributed by atoms with E-state index in [-0.39, 0.29) is 18.4 Å². The number of nitriles is 1. The number of aromatic amines is 1. The van der Waals surface area contributed by atoms with E-state index >= 15 is 0 Å². The number of hydrogen-bond donors (Lipinski definition) is 2. The third-order valence-corrected chi connectivity index (χ3v) is 4.59. The summed E-state index contributed by atoms with van der Waals surface area (Å²) in [6.07, 6.45) is 0.276. The molecule has 1 amide bonds. The number of methoxy groups -OCH3 is 1. The van der Waals surface area contributed by atoms with E-state index in [1.54, 1.807) is 26.0 Å². The van der Waals surface area contributed by atoms with Gasteiger partial charge in [0, 0.05) is 17.8 Å². The second kappa shape index (κ2) is 9.75. The molecule has 1 aromatic carbocycles. The van der Waals surface area contributed by atoms with Crippen LogP contribution in [0.3, 0.4) is 0 Å². The molecule has 2 aromatic rings. The lowest BCUT2D eigenvalue weighted by Gasteiger charge is -2.11. The van der Waals surface area contributed by atoms with Crippen LogP contribution in [0.4, 0.5) is 5.69 Å². The SMILES string of the molecule is COc1ccc(NC(=O)COC(=O)CCc2c(C)[nH]c(=O)c(C#N)c2C)cc1Cl. The average molecular weight is 418 g/mol. The van der Waals surface area contributed by atoms with Crippen molar-refractivity contribution in [1.29, 1.82) is 5.26 Å². The molecule has 0 atom stereocenters. The van der Waals surface area contributed by atoms with Gasteiger partial charge in [-0.25, -0.2) is 0 Å². The number of H-pyrrole nitrogens is 1. The minimum absolute atomic E-state index is 0.000234. The number of esters is 1. The van der Waals surface area contributed by atoms with Crippen molar-refractivity contribution in [3.05, 3.63) is 56.0 Å². The van der Waals surface area contributed by atoms with E-state index in [2.05, 4.69) is 10.3 Å². The van der Waals surface area contributed by atoms with Crippen LogP contribution in [0.15, 0.2) is 23.0 Å². The van der Waals surface area contributed by atoms with Crippen molar-refractivity contribution < 1.29 is 19.1 Å². The Bertz CT molecular complexity index is 1040. The zero-order chi connectivity index (χ0) is 21.6. The molecule has 0 saturated carbocycles. The molecule has 2 rings (SSSR count). The number of pyridine rings is 1. The highest BCUT2D eigenvalue weighted by Crippen LogP contribution is 2.27. The van der Waals surface area contributed by atoms with E-state index in [0.29, 0.717) is 33.3 Å². The molecule has 8 nitrogen and oxygen atoms in total. The number of anilines is 1. The van der Waals surface area contributed by atoms with Gasteiger partial charge in [0.05, 0.1) is 12.1 Å². The van der Waals surface area contributed by atoms with Gasteiger partial charge in [0.2, 0.25) is 0 Å². The van der Waals surface area contributed by atoms with Crippen molar-refractivity contribution in [2.24, 2.45) is 0 Å². The number of ether oxygens (including phenoxy) is 2. The number of nitrogens with zero attached hydrogens (tertiary/aromatic N) is 1. The lowest BCUT2D eigenvalue weighted by atomic mass is 9.99. The molecule has 1 heterocycles. The van der Waals surface area contributed by atoms with E-state index < -0.39 is 24.0 Å². The lowest BCUT2D eigenvalue weighted by Crippen LogP contribution is -2.21. The zero-order valence-corrected chi connectivity index (χ0v) is 17.0. The van der Waals surface area contributed by atoms with Gasteiger partial charge in [-0.15, -0.1) is 0 Å². The number of hydrogen-bond acceptors (Lipinski definition) is 6. The molecule has 29 heavy (non-hydrogen) atoms. The standard InChI is InChI=1S/C20H20ClN3O5/c1-11-14(12(2)23-20(27)15(11)9-22)5-7-19(26)29-10-18(25)24-13-4-6-17(28-3)16(21)8-13/h4,6,8H,5,7,10H2,1-3H3,(H,23,27)(H,24,25). The molecule has 152 valence electrons. The number of rotatable bonds is 7. The van der Waals surface area contributed by atoms with Gasteiger partial charge in [0.15, 0.2) is 6.61 Å². The summed E-state index contributed by atoms with van der Waals surface area (Å²) in [5.41, 5.74) is 1.85. The highest BCUT2D eigenvalue weighted by atomic mass is 35.5. The maximum atomic E-state index is 12.0. The maximum absolute atomic E-state index is 12.0. The third kappa shape index (κ3) is 5.59. The zero-order valence-electron chi connectivity index (χ0n) is 16.2. The number of nitrogens with one attached hydrogen (secondary N) is 2. The van der Waals surface area contributed by atoms with E-state index in [1.165, 1.54) is 13.2 Å². The summed E-state index contributed by atoms with van der Waals surface area (Å²) >= 11 is 5.99. The molecule has 0 spiro atoms. The first-order chi connectivity index (χ1) is 13.8. The number of benzene rings is 1. The Balaban J connectivity index is 1.89. The molecule has 2 N–H and O–H groups in total. The molecule has 0 saturated heterocycles. The number of carbonyl (C=O) groups is 2. The second-order valence-corrected chi connectivity index (χ2v) is 6.63. The molecule has 9 heteroatoms. The van der Waals surface area contributed by atoms with Crippen molar-refractivity contribution in [3.8, 4) is 11.8 Å². The van der Waals surface area contributed by atoms with E-state index in [0.717, 1.165) is 0 Å². The molecule has 0 aliphatic carbocycles. The quantitative estimate of drug-likeness (QED) is 0.668. The Morgan fingerprint density at radius 3 is 2.66 bits per heavy atom. The van der Waals surface area contributed by atoms with Crippen molar-refractivity contribution >= 4 is 29.2 Å². The molecule has 0 fully saturated rings. The highest BCUT2D eigenvalue weighted by Gasteiger charge is 2.15. The minimum atomic E-state index is -0.573. The van der Waals surface area contributed by atoms with Crippen LogP contribution in [-0.2, 0) is 20.7 Å². The Kier molecular flexibility index (Phi) is 7.39. The van der Waals surface area contributed by atoms with Gasteiger partial charge in [-0.3, -0.25) is 14.4 Å².